The van der Waals surface area contributed by atoms with Crippen LogP contribution in [0, 0.1) is 0 Å². The third-order valence-corrected chi connectivity index (χ3v) is 18.0. The Hall–Kier alpha value is -11.1. The molecule has 0 bridgehead atoms. The summed E-state index contributed by atoms with van der Waals surface area (Å²) in [5, 5.41) is 9.35. The predicted octanol–water partition coefficient (Wildman–Crippen LogP) is 20.6. The van der Waals surface area contributed by atoms with Gasteiger partial charge in [-0.15, -0.1) is 0 Å². The van der Waals surface area contributed by atoms with E-state index in [-0.39, 0.29) is 6.85 Å². The van der Waals surface area contributed by atoms with Crippen molar-refractivity contribution in [1.29, 1.82) is 0 Å². The van der Waals surface area contributed by atoms with Crippen molar-refractivity contribution in [2.24, 2.45) is 0 Å². The highest BCUT2D eigenvalue weighted by molar-refractivity contribution is 6.90. The molecule has 4 heterocycles. The summed E-state index contributed by atoms with van der Waals surface area (Å²) in [7, 11) is 0. The number of anilines is 6. The summed E-state index contributed by atoms with van der Waals surface area (Å²) in [6.45, 7) is -0.283. The molecule has 2 aliphatic heterocycles. The van der Waals surface area contributed by atoms with Gasteiger partial charge in [0.25, 0.3) is 0 Å². The average Bonchev–Trinajstić information content (AvgIpc) is 2.74. The molecule has 0 radical (unpaired) electrons. The van der Waals surface area contributed by atoms with Crippen LogP contribution in [0.25, 0.3) is 121 Å². The van der Waals surface area contributed by atoms with Crippen molar-refractivity contribution in [2.75, 3.05) is 9.80 Å². The molecule has 14 aromatic carbocycles. The molecule has 0 fully saturated rings. The SMILES string of the molecule is c1ccc(-c2cc(-c3ccccc3)cc(N3c4cc5c(-c6ccccc6)c6ccccc6c(-c6ccccc6)c5cc4B4c5c(cc(N(c6ccccc6)c6ccccc6)cc53)-c3cc5c6ccccc6oc5c5c6ccccc6n4c35)c2)cc1. The van der Waals surface area contributed by atoms with Crippen LogP contribution in [0.4, 0.5) is 34.1 Å². The van der Waals surface area contributed by atoms with Crippen LogP contribution in [0.5, 0.6) is 0 Å². The topological polar surface area (TPSA) is 24.6 Å². The summed E-state index contributed by atoms with van der Waals surface area (Å²) in [5.41, 5.74) is 24.8. The molecule has 18 rings (SSSR count). The smallest absolute Gasteiger partial charge is 0.333 e. The zero-order valence-electron chi connectivity index (χ0n) is 46.2. The van der Waals surface area contributed by atoms with Crippen LogP contribution < -0.4 is 20.7 Å². The lowest BCUT2D eigenvalue weighted by Crippen LogP contribution is -2.56. The molecule has 0 aliphatic carbocycles. The highest BCUT2D eigenvalue weighted by Crippen LogP contribution is 2.54. The normalized spacial score (nSPS) is 12.4. The molecular formula is C80H50BN3O. The number of rotatable bonds is 8. The van der Waals surface area contributed by atoms with Gasteiger partial charge < -0.3 is 18.7 Å². The molecule has 4 nitrogen and oxygen atoms in total. The predicted molar refractivity (Wildman–Crippen MR) is 359 cm³/mol. The number of furan rings is 1. The highest BCUT2D eigenvalue weighted by Gasteiger charge is 2.45. The van der Waals surface area contributed by atoms with Crippen LogP contribution in [-0.2, 0) is 0 Å². The van der Waals surface area contributed by atoms with Crippen molar-refractivity contribution in [2.45, 2.75) is 0 Å². The summed E-state index contributed by atoms with van der Waals surface area (Å²) in [5.74, 6) is 0. The standard InChI is InChI=1S/C80H50BN3O/c1-7-25-51(26-8-1)55-43-56(52-27-9-2-10-28-52)45-59(44-55)83-72-50-66-65(75(53-29-11-3-12-30-53)62-38-19-20-39-63(62)76(66)54-31-13-4-14-32-54)49-70(72)81-78-67(46-60(47-73(78)83)82(57-33-15-5-16-34-57)58-35-17-6-18-36-58)68-48-69-61-37-22-24-42-74(61)85-80(69)77-64-40-21-23-41-71(64)84(81)79(68)77/h1-50H. The number of hydrogen-bond donors (Lipinski definition) is 0. The minimum atomic E-state index is -0.283. The van der Waals surface area contributed by atoms with Crippen LogP contribution in [0.2, 0.25) is 0 Å². The van der Waals surface area contributed by atoms with Crippen LogP contribution in [0.15, 0.2) is 308 Å². The van der Waals surface area contributed by atoms with Crippen LogP contribution in [0.3, 0.4) is 0 Å². The van der Waals surface area contributed by atoms with E-state index in [4.69, 9.17) is 4.42 Å². The van der Waals surface area contributed by atoms with E-state index in [0.717, 1.165) is 89.2 Å². The molecule has 394 valence electrons. The Morgan fingerprint density at radius 1 is 0.329 bits per heavy atom. The molecule has 0 N–H and O–H groups in total. The Morgan fingerprint density at radius 3 is 1.41 bits per heavy atom. The van der Waals surface area contributed by atoms with Gasteiger partial charge in [-0.25, -0.2) is 0 Å². The number of aromatic nitrogens is 1. The summed E-state index contributed by atoms with van der Waals surface area (Å²) in [4.78, 5) is 5.07. The minimum Gasteiger partial charge on any atom is -0.455 e. The molecule has 2 aliphatic rings. The van der Waals surface area contributed by atoms with Crippen LogP contribution in [0.1, 0.15) is 0 Å². The fraction of sp³-hybridized carbons (Fsp3) is 0. The summed E-state index contributed by atoms with van der Waals surface area (Å²) in [6, 6.07) is 112. The molecule has 0 spiro atoms. The Bertz CT molecular complexity index is 5260. The van der Waals surface area contributed by atoms with E-state index in [2.05, 4.69) is 318 Å². The third kappa shape index (κ3) is 7.17. The first kappa shape index (κ1) is 47.5. The Kier molecular flexibility index (Phi) is 10.4. The largest absolute Gasteiger partial charge is 0.455 e. The van der Waals surface area contributed by atoms with Crippen molar-refractivity contribution < 1.29 is 4.42 Å². The second-order valence-corrected chi connectivity index (χ2v) is 22.7. The van der Waals surface area contributed by atoms with Gasteiger partial charge in [0.2, 0.25) is 0 Å². The summed E-state index contributed by atoms with van der Waals surface area (Å²) in [6.07, 6.45) is 0. The van der Waals surface area contributed by atoms with Gasteiger partial charge in [-0.2, -0.15) is 0 Å². The van der Waals surface area contributed by atoms with Crippen molar-refractivity contribution in [3.05, 3.63) is 303 Å². The second-order valence-electron chi connectivity index (χ2n) is 22.7. The lowest BCUT2D eigenvalue weighted by molar-refractivity contribution is 0.673. The Balaban J connectivity index is 1.07. The fourth-order valence-corrected chi connectivity index (χ4v) is 14.5. The maximum Gasteiger partial charge on any atom is 0.333 e. The van der Waals surface area contributed by atoms with Gasteiger partial charge in [0.1, 0.15) is 11.2 Å². The van der Waals surface area contributed by atoms with Gasteiger partial charge >= 0.3 is 6.85 Å². The average molecular weight is 1080 g/mol. The first-order chi connectivity index (χ1) is 42.2. The molecule has 0 amide bonds. The molecule has 0 unspecified atom stereocenters. The second kappa shape index (κ2) is 18.7. The minimum absolute atomic E-state index is 0.283. The molecule has 85 heavy (non-hydrogen) atoms. The summed E-state index contributed by atoms with van der Waals surface area (Å²) >= 11 is 0. The maximum atomic E-state index is 7.11. The number of benzene rings is 14. The van der Waals surface area contributed by atoms with Gasteiger partial charge in [0.15, 0.2) is 0 Å². The molecule has 5 heteroatoms. The lowest BCUT2D eigenvalue weighted by atomic mass is 9.44. The van der Waals surface area contributed by atoms with E-state index in [1.807, 2.05) is 0 Å². The van der Waals surface area contributed by atoms with E-state index in [9.17, 15) is 0 Å². The van der Waals surface area contributed by atoms with Crippen molar-refractivity contribution >= 4 is 117 Å². The van der Waals surface area contributed by atoms with E-state index >= 15 is 0 Å². The summed E-state index contributed by atoms with van der Waals surface area (Å²) < 4.78 is 9.80. The van der Waals surface area contributed by atoms with E-state index in [0.29, 0.717) is 0 Å². The van der Waals surface area contributed by atoms with Crippen molar-refractivity contribution in [3.63, 3.8) is 0 Å². The maximum absolute atomic E-state index is 7.11. The fourth-order valence-electron chi connectivity index (χ4n) is 14.5. The zero-order chi connectivity index (χ0) is 55.7. The van der Waals surface area contributed by atoms with Gasteiger partial charge in [-0.1, -0.05) is 224 Å². The van der Waals surface area contributed by atoms with E-state index in [1.165, 1.54) is 76.8 Å². The first-order valence-corrected chi connectivity index (χ1v) is 29.3. The molecule has 2 aromatic heterocycles. The molecular weight excluding hydrogens is 1030 g/mol. The number of nitrogens with zero attached hydrogens (tertiary/aromatic N) is 3. The third-order valence-electron chi connectivity index (χ3n) is 18.0. The molecule has 0 atom stereocenters. The Labute approximate surface area is 492 Å². The van der Waals surface area contributed by atoms with Crippen LogP contribution in [-0.4, -0.2) is 11.3 Å². The van der Waals surface area contributed by atoms with Crippen molar-refractivity contribution in [1.82, 2.24) is 4.48 Å². The number of hydrogen-bond acceptors (Lipinski definition) is 3. The quantitative estimate of drug-likeness (QED) is 0.112. The lowest BCUT2D eigenvalue weighted by Gasteiger charge is -2.42. The first-order valence-electron chi connectivity index (χ1n) is 29.3. The van der Waals surface area contributed by atoms with Gasteiger partial charge in [0, 0.05) is 66.9 Å². The zero-order valence-corrected chi connectivity index (χ0v) is 46.2. The molecule has 0 saturated heterocycles. The molecule has 0 saturated carbocycles. The van der Waals surface area contributed by atoms with Gasteiger partial charge in [0.05, 0.1) is 5.39 Å². The highest BCUT2D eigenvalue weighted by atomic mass is 16.3. The monoisotopic (exact) mass is 1080 g/mol. The van der Waals surface area contributed by atoms with Crippen LogP contribution >= 0.6 is 0 Å². The van der Waals surface area contributed by atoms with Crippen molar-refractivity contribution in [3.8, 4) is 55.6 Å². The number of fused-ring (bicyclic) bond motifs is 13. The Morgan fingerprint density at radius 2 is 0.824 bits per heavy atom. The van der Waals surface area contributed by atoms with E-state index in [1.54, 1.807) is 0 Å². The molecule has 16 aromatic rings. The van der Waals surface area contributed by atoms with E-state index < -0.39 is 0 Å². The van der Waals surface area contributed by atoms with Gasteiger partial charge in [-0.05, 0) is 161 Å². The number of para-hydroxylation sites is 4. The van der Waals surface area contributed by atoms with Gasteiger partial charge in [-0.3, -0.25) is 0 Å².